The van der Waals surface area contributed by atoms with Crippen LogP contribution >= 0.6 is 11.8 Å². The van der Waals surface area contributed by atoms with Crippen LogP contribution in [0.15, 0.2) is 17.7 Å². The van der Waals surface area contributed by atoms with Gasteiger partial charge < -0.3 is 10.7 Å². The van der Waals surface area contributed by atoms with Gasteiger partial charge in [-0.15, -0.1) is 11.8 Å². The zero-order valence-corrected chi connectivity index (χ0v) is 11.6. The number of H-pyrrole nitrogens is 1. The number of imidazole rings is 1. The van der Waals surface area contributed by atoms with Crippen molar-refractivity contribution in [2.24, 2.45) is 5.73 Å². The lowest BCUT2D eigenvalue weighted by atomic mass is 9.94. The lowest BCUT2D eigenvalue weighted by molar-refractivity contribution is 0.478. The summed E-state index contributed by atoms with van der Waals surface area (Å²) in [5, 5.41) is 9.89. The topological polar surface area (TPSA) is 104 Å². The highest BCUT2D eigenvalue weighted by molar-refractivity contribution is 7.99. The van der Waals surface area contributed by atoms with E-state index in [2.05, 4.69) is 26.0 Å². The maximum atomic E-state index is 9.00. The van der Waals surface area contributed by atoms with E-state index in [9.17, 15) is 0 Å². The molecule has 0 saturated carbocycles. The first-order valence-corrected chi connectivity index (χ1v) is 7.14. The van der Waals surface area contributed by atoms with E-state index in [4.69, 9.17) is 11.0 Å². The highest BCUT2D eigenvalue weighted by atomic mass is 32.2. The number of fused-ring (bicyclic) bond motifs is 1. The number of nitrogens with zero attached hydrogens (tertiary/aromatic N) is 4. The van der Waals surface area contributed by atoms with Gasteiger partial charge in [0.15, 0.2) is 5.65 Å². The van der Waals surface area contributed by atoms with Crippen molar-refractivity contribution in [2.75, 3.05) is 5.75 Å². The number of rotatable bonds is 6. The van der Waals surface area contributed by atoms with E-state index in [-0.39, 0.29) is 0 Å². The van der Waals surface area contributed by atoms with Crippen molar-refractivity contribution in [2.45, 2.75) is 36.8 Å². The Morgan fingerprint density at radius 3 is 3.05 bits per heavy atom. The van der Waals surface area contributed by atoms with E-state index in [1.807, 2.05) is 6.92 Å². The number of thioether (sulfide) groups is 1. The van der Waals surface area contributed by atoms with Crippen molar-refractivity contribution >= 4 is 22.9 Å². The molecule has 0 bridgehead atoms. The molecule has 3 N–H and O–H groups in total. The molecular formula is C12H16N6S. The van der Waals surface area contributed by atoms with Crippen molar-refractivity contribution < 1.29 is 0 Å². The molecule has 0 aliphatic heterocycles. The molecule has 0 fully saturated rings. The average molecular weight is 276 g/mol. The summed E-state index contributed by atoms with van der Waals surface area (Å²) < 4.78 is 0. The Kier molecular flexibility index (Phi) is 4.35. The lowest BCUT2D eigenvalue weighted by Crippen LogP contribution is -2.37. The van der Waals surface area contributed by atoms with Gasteiger partial charge in [-0.2, -0.15) is 5.26 Å². The molecule has 0 aliphatic rings. The Bertz CT molecular complexity index is 589. The van der Waals surface area contributed by atoms with Crippen molar-refractivity contribution in [3.8, 4) is 6.07 Å². The second-order valence-electron chi connectivity index (χ2n) is 4.35. The number of nitriles is 1. The van der Waals surface area contributed by atoms with Gasteiger partial charge in [0.05, 0.1) is 12.4 Å². The number of aromatic amines is 1. The average Bonchev–Trinajstić information content (AvgIpc) is 2.92. The van der Waals surface area contributed by atoms with Crippen LogP contribution in [0.2, 0.25) is 0 Å². The molecule has 2 rings (SSSR count). The number of aromatic nitrogens is 4. The molecule has 0 aromatic carbocycles. The van der Waals surface area contributed by atoms with Crippen LogP contribution in [0, 0.1) is 11.3 Å². The summed E-state index contributed by atoms with van der Waals surface area (Å²) >= 11 is 1.63. The molecule has 7 heteroatoms. The van der Waals surface area contributed by atoms with E-state index in [1.54, 1.807) is 18.1 Å². The second kappa shape index (κ2) is 5.99. The van der Waals surface area contributed by atoms with Gasteiger partial charge in [0.2, 0.25) is 0 Å². The largest absolute Gasteiger partial charge is 0.341 e. The standard InChI is InChI=1S/C12H16N6S/c1-2-12(14,6-13)4-3-5-19-11-9-10(16-7-15-9)17-8-18-11/h7-8H,2-5,14H2,1H3,(H,15,16,17,18). The Morgan fingerprint density at radius 2 is 2.32 bits per heavy atom. The molecule has 0 aliphatic carbocycles. The minimum Gasteiger partial charge on any atom is -0.341 e. The first-order chi connectivity index (χ1) is 9.18. The third-order valence-electron chi connectivity index (χ3n) is 3.05. The molecule has 2 aromatic heterocycles. The van der Waals surface area contributed by atoms with Crippen LogP contribution in [0.1, 0.15) is 26.2 Å². The monoisotopic (exact) mass is 276 g/mol. The van der Waals surface area contributed by atoms with Gasteiger partial charge in [0, 0.05) is 0 Å². The van der Waals surface area contributed by atoms with Gasteiger partial charge in [-0.1, -0.05) is 6.92 Å². The number of nitrogens with one attached hydrogen (secondary N) is 1. The molecule has 1 atom stereocenters. The van der Waals surface area contributed by atoms with Crippen LogP contribution < -0.4 is 5.73 Å². The van der Waals surface area contributed by atoms with E-state index in [1.165, 1.54) is 6.33 Å². The zero-order chi connectivity index (χ0) is 13.7. The molecule has 2 heterocycles. The lowest BCUT2D eigenvalue weighted by Gasteiger charge is -2.18. The third-order valence-corrected chi connectivity index (χ3v) is 4.12. The van der Waals surface area contributed by atoms with Gasteiger partial charge in [-0.25, -0.2) is 15.0 Å². The molecule has 0 amide bonds. The smallest absolute Gasteiger partial charge is 0.181 e. The predicted molar refractivity (Wildman–Crippen MR) is 74.5 cm³/mol. The molecule has 19 heavy (non-hydrogen) atoms. The second-order valence-corrected chi connectivity index (χ2v) is 5.44. The summed E-state index contributed by atoms with van der Waals surface area (Å²) in [6.45, 7) is 1.94. The highest BCUT2D eigenvalue weighted by Crippen LogP contribution is 2.24. The van der Waals surface area contributed by atoms with Crippen molar-refractivity contribution in [1.29, 1.82) is 5.26 Å². The van der Waals surface area contributed by atoms with Crippen LogP contribution in [0.5, 0.6) is 0 Å². The van der Waals surface area contributed by atoms with Crippen molar-refractivity contribution in [1.82, 2.24) is 19.9 Å². The normalized spacial score (nSPS) is 14.2. The highest BCUT2D eigenvalue weighted by Gasteiger charge is 2.21. The third kappa shape index (κ3) is 3.22. The van der Waals surface area contributed by atoms with Gasteiger partial charge in [0.25, 0.3) is 0 Å². The van der Waals surface area contributed by atoms with Crippen LogP contribution in [-0.4, -0.2) is 31.2 Å². The SMILES string of the molecule is CCC(N)(C#N)CCCSc1ncnc2nc[nH]c12. The molecule has 0 radical (unpaired) electrons. The Labute approximate surface area is 115 Å². The fourth-order valence-electron chi connectivity index (χ4n) is 1.72. The van der Waals surface area contributed by atoms with E-state index in [0.717, 1.165) is 22.7 Å². The molecule has 2 aromatic rings. The predicted octanol–water partition coefficient (Wildman–Crippen LogP) is 1.86. The zero-order valence-electron chi connectivity index (χ0n) is 10.8. The minimum absolute atomic E-state index is 0.673. The quantitative estimate of drug-likeness (QED) is 0.474. The summed E-state index contributed by atoms with van der Waals surface area (Å²) in [6.07, 6.45) is 5.38. The van der Waals surface area contributed by atoms with Crippen molar-refractivity contribution in [3.63, 3.8) is 0 Å². The molecular weight excluding hydrogens is 260 g/mol. The van der Waals surface area contributed by atoms with E-state index < -0.39 is 5.54 Å². The molecule has 6 nitrogen and oxygen atoms in total. The number of nitrogens with two attached hydrogens (primary N) is 1. The number of hydrogen-bond acceptors (Lipinski definition) is 6. The first-order valence-electron chi connectivity index (χ1n) is 6.15. The molecule has 0 saturated heterocycles. The van der Waals surface area contributed by atoms with Crippen LogP contribution in [0.3, 0.4) is 0 Å². The molecule has 1 unspecified atom stereocenters. The number of hydrogen-bond donors (Lipinski definition) is 2. The van der Waals surface area contributed by atoms with Crippen LogP contribution in [0.4, 0.5) is 0 Å². The van der Waals surface area contributed by atoms with Gasteiger partial charge in [-0.3, -0.25) is 0 Å². The Morgan fingerprint density at radius 1 is 1.47 bits per heavy atom. The van der Waals surface area contributed by atoms with Crippen LogP contribution in [0.25, 0.3) is 11.2 Å². The summed E-state index contributed by atoms with van der Waals surface area (Å²) in [7, 11) is 0. The maximum Gasteiger partial charge on any atom is 0.181 e. The van der Waals surface area contributed by atoms with E-state index >= 15 is 0 Å². The minimum atomic E-state index is -0.699. The maximum absolute atomic E-state index is 9.00. The first kappa shape index (κ1) is 13.8. The molecule has 0 spiro atoms. The summed E-state index contributed by atoms with van der Waals surface area (Å²) in [4.78, 5) is 15.4. The van der Waals surface area contributed by atoms with Crippen LogP contribution in [-0.2, 0) is 0 Å². The van der Waals surface area contributed by atoms with Crippen molar-refractivity contribution in [3.05, 3.63) is 12.7 Å². The summed E-state index contributed by atoms with van der Waals surface area (Å²) in [5.74, 6) is 0.867. The summed E-state index contributed by atoms with van der Waals surface area (Å²) in [5.41, 5.74) is 6.78. The molecule has 100 valence electrons. The fraction of sp³-hybridized carbons (Fsp3) is 0.500. The van der Waals surface area contributed by atoms with Gasteiger partial charge in [0.1, 0.15) is 22.4 Å². The Balaban J connectivity index is 1.90. The Hall–Kier alpha value is -1.65. The van der Waals surface area contributed by atoms with Gasteiger partial charge in [-0.05, 0) is 25.0 Å². The summed E-state index contributed by atoms with van der Waals surface area (Å²) in [6, 6.07) is 2.18. The fourth-order valence-corrected chi connectivity index (χ4v) is 2.62. The van der Waals surface area contributed by atoms with E-state index in [0.29, 0.717) is 18.5 Å². The van der Waals surface area contributed by atoms with Gasteiger partial charge >= 0.3 is 0 Å².